The summed E-state index contributed by atoms with van der Waals surface area (Å²) in [4.78, 5) is 2.64. The third-order valence-corrected chi connectivity index (χ3v) is 5.76. The lowest BCUT2D eigenvalue weighted by atomic mass is 9.99. The molecule has 0 spiro atoms. The second-order valence-corrected chi connectivity index (χ2v) is 7.40. The highest BCUT2D eigenvalue weighted by Gasteiger charge is 2.35. The molecule has 3 aliphatic rings. The van der Waals surface area contributed by atoms with E-state index in [-0.39, 0.29) is 12.1 Å². The number of rotatable bonds is 6. The molecule has 0 aromatic heterocycles. The van der Waals surface area contributed by atoms with E-state index < -0.39 is 0 Å². The third-order valence-electron chi connectivity index (χ3n) is 5.76. The normalized spacial score (nSPS) is 33.4. The number of hydrogen-bond donors (Lipinski definition) is 1. The van der Waals surface area contributed by atoms with Crippen molar-refractivity contribution < 1.29 is 9.47 Å². The van der Waals surface area contributed by atoms with Crippen molar-refractivity contribution in [2.45, 2.75) is 37.8 Å². The van der Waals surface area contributed by atoms with E-state index in [0.717, 1.165) is 36.2 Å². The second kappa shape index (κ2) is 6.80. The van der Waals surface area contributed by atoms with Gasteiger partial charge < -0.3 is 20.1 Å². The Labute approximate surface area is 138 Å². The lowest BCUT2D eigenvalue weighted by Gasteiger charge is -2.34. The number of likely N-dealkylation sites (tertiary alicyclic amines) is 1. The molecule has 126 valence electrons. The van der Waals surface area contributed by atoms with Crippen LogP contribution < -0.4 is 10.5 Å². The van der Waals surface area contributed by atoms with E-state index in [1.165, 1.54) is 38.9 Å². The van der Waals surface area contributed by atoms with E-state index in [4.69, 9.17) is 15.2 Å². The summed E-state index contributed by atoms with van der Waals surface area (Å²) in [6.07, 6.45) is 5.55. The van der Waals surface area contributed by atoms with E-state index >= 15 is 0 Å². The van der Waals surface area contributed by atoms with Gasteiger partial charge in [-0.15, -0.1) is 0 Å². The minimum atomic E-state index is 0.0682. The van der Waals surface area contributed by atoms with Crippen molar-refractivity contribution in [3.05, 3.63) is 29.8 Å². The number of nitrogens with zero attached hydrogens (tertiary/aromatic N) is 1. The van der Waals surface area contributed by atoms with Gasteiger partial charge in [0.05, 0.1) is 25.4 Å². The van der Waals surface area contributed by atoms with Crippen LogP contribution in [0.15, 0.2) is 24.3 Å². The van der Waals surface area contributed by atoms with Gasteiger partial charge in [0.1, 0.15) is 5.75 Å². The summed E-state index contributed by atoms with van der Waals surface area (Å²) in [5, 5.41) is 0. The molecule has 4 rings (SSSR count). The van der Waals surface area contributed by atoms with Crippen LogP contribution in [0.2, 0.25) is 0 Å². The van der Waals surface area contributed by atoms with E-state index in [9.17, 15) is 0 Å². The van der Waals surface area contributed by atoms with Crippen molar-refractivity contribution in [1.82, 2.24) is 4.90 Å². The fraction of sp³-hybridized carbons (Fsp3) is 0.684. The van der Waals surface area contributed by atoms with E-state index in [1.807, 2.05) is 12.1 Å². The molecule has 4 atom stereocenters. The Bertz CT molecular complexity index is 507. The minimum Gasteiger partial charge on any atom is -0.494 e. The zero-order valence-electron chi connectivity index (χ0n) is 13.8. The molecule has 3 fully saturated rings. The molecule has 4 heteroatoms. The van der Waals surface area contributed by atoms with Crippen molar-refractivity contribution in [2.75, 3.05) is 32.8 Å². The molecular weight excluding hydrogens is 288 g/mol. The highest BCUT2D eigenvalue weighted by molar-refractivity contribution is 5.30. The first-order valence-electron chi connectivity index (χ1n) is 9.12. The lowest BCUT2D eigenvalue weighted by molar-refractivity contribution is -0.0752. The lowest BCUT2D eigenvalue weighted by Crippen LogP contribution is -2.44. The molecule has 1 aliphatic carbocycles. The molecule has 0 radical (unpaired) electrons. The molecule has 2 aliphatic heterocycles. The van der Waals surface area contributed by atoms with E-state index in [0.29, 0.717) is 6.61 Å². The fourth-order valence-corrected chi connectivity index (χ4v) is 4.39. The Morgan fingerprint density at radius 3 is 2.48 bits per heavy atom. The largest absolute Gasteiger partial charge is 0.494 e. The summed E-state index contributed by atoms with van der Waals surface area (Å²) in [6, 6.07) is 8.34. The van der Waals surface area contributed by atoms with E-state index in [1.54, 1.807) is 0 Å². The molecule has 0 bridgehead atoms. The molecule has 2 heterocycles. The van der Waals surface area contributed by atoms with Crippen LogP contribution in [0, 0.1) is 11.8 Å². The first-order valence-corrected chi connectivity index (χ1v) is 9.12. The van der Waals surface area contributed by atoms with Gasteiger partial charge >= 0.3 is 0 Å². The number of nitrogens with two attached hydrogens (primary N) is 1. The van der Waals surface area contributed by atoms with Crippen molar-refractivity contribution >= 4 is 0 Å². The maximum atomic E-state index is 5.92. The predicted molar refractivity (Wildman–Crippen MR) is 90.5 cm³/mol. The Morgan fingerprint density at radius 2 is 1.87 bits per heavy atom. The highest BCUT2D eigenvalue weighted by Crippen LogP contribution is 2.37. The predicted octanol–water partition coefficient (Wildman–Crippen LogP) is 2.59. The molecule has 2 saturated heterocycles. The van der Waals surface area contributed by atoms with Crippen LogP contribution in [0.4, 0.5) is 0 Å². The number of hydrogen-bond acceptors (Lipinski definition) is 4. The summed E-state index contributed by atoms with van der Waals surface area (Å²) in [5.74, 6) is 2.92. The van der Waals surface area contributed by atoms with Crippen LogP contribution >= 0.6 is 0 Å². The van der Waals surface area contributed by atoms with Crippen molar-refractivity contribution in [3.8, 4) is 5.75 Å². The van der Waals surface area contributed by atoms with Gasteiger partial charge in [-0.3, -0.25) is 0 Å². The van der Waals surface area contributed by atoms with Crippen LogP contribution in [-0.2, 0) is 4.74 Å². The van der Waals surface area contributed by atoms with Gasteiger partial charge in [0, 0.05) is 19.6 Å². The van der Waals surface area contributed by atoms with Crippen LogP contribution in [-0.4, -0.2) is 43.8 Å². The smallest absolute Gasteiger partial charge is 0.119 e. The van der Waals surface area contributed by atoms with Crippen molar-refractivity contribution in [2.24, 2.45) is 17.6 Å². The molecule has 2 N–H and O–H groups in total. The average molecular weight is 316 g/mol. The summed E-state index contributed by atoms with van der Waals surface area (Å²) in [7, 11) is 0. The topological polar surface area (TPSA) is 47.7 Å². The molecular formula is C19H28N2O2. The van der Waals surface area contributed by atoms with Gasteiger partial charge in [-0.05, 0) is 48.8 Å². The molecule has 1 saturated carbocycles. The Hall–Kier alpha value is -1.10. The van der Waals surface area contributed by atoms with Gasteiger partial charge in [-0.25, -0.2) is 0 Å². The molecule has 0 amide bonds. The summed E-state index contributed by atoms with van der Waals surface area (Å²) in [6.45, 7) is 5.28. The van der Waals surface area contributed by atoms with Crippen molar-refractivity contribution in [3.63, 3.8) is 0 Å². The van der Waals surface area contributed by atoms with Crippen LogP contribution in [0.25, 0.3) is 0 Å². The fourth-order valence-electron chi connectivity index (χ4n) is 4.39. The first-order chi connectivity index (χ1) is 11.3. The number of ether oxygens (including phenoxy) is 2. The monoisotopic (exact) mass is 316 g/mol. The van der Waals surface area contributed by atoms with Crippen LogP contribution in [0.5, 0.6) is 5.75 Å². The zero-order chi connectivity index (χ0) is 15.6. The van der Waals surface area contributed by atoms with Crippen molar-refractivity contribution in [1.29, 1.82) is 0 Å². The van der Waals surface area contributed by atoms with Crippen LogP contribution in [0.1, 0.15) is 37.4 Å². The van der Waals surface area contributed by atoms with Gasteiger partial charge in [0.15, 0.2) is 0 Å². The molecule has 4 unspecified atom stereocenters. The van der Waals surface area contributed by atoms with Gasteiger partial charge in [-0.2, -0.15) is 0 Å². The Balaban J connectivity index is 1.17. The molecule has 23 heavy (non-hydrogen) atoms. The summed E-state index contributed by atoms with van der Waals surface area (Å²) < 4.78 is 11.4. The standard InChI is InChI=1S/C19H28N2O2/c20-18-13-23-19(18)14-5-7-17(8-6-14)22-10-2-9-21-11-15-3-1-4-16(15)12-21/h5-8,15-16,18-19H,1-4,9-13,20H2. The van der Waals surface area contributed by atoms with Gasteiger partial charge in [0.25, 0.3) is 0 Å². The SMILES string of the molecule is NC1COC1c1ccc(OCCCN2CC3CCCC3C2)cc1. The van der Waals surface area contributed by atoms with Crippen LogP contribution in [0.3, 0.4) is 0 Å². The molecule has 4 nitrogen and oxygen atoms in total. The molecule has 1 aromatic rings. The summed E-state index contributed by atoms with van der Waals surface area (Å²) in [5.41, 5.74) is 7.08. The average Bonchev–Trinajstić information content (AvgIpc) is 3.13. The van der Waals surface area contributed by atoms with Gasteiger partial charge in [-0.1, -0.05) is 18.6 Å². The number of benzene rings is 1. The van der Waals surface area contributed by atoms with E-state index in [2.05, 4.69) is 17.0 Å². The minimum absolute atomic E-state index is 0.0682. The zero-order valence-corrected chi connectivity index (χ0v) is 13.8. The van der Waals surface area contributed by atoms with Gasteiger partial charge in [0.2, 0.25) is 0 Å². The second-order valence-electron chi connectivity index (χ2n) is 7.40. The maximum absolute atomic E-state index is 5.92. The highest BCUT2D eigenvalue weighted by atomic mass is 16.5. The molecule has 1 aromatic carbocycles. The quantitative estimate of drug-likeness (QED) is 0.820. The Kier molecular flexibility index (Phi) is 4.56. The Morgan fingerprint density at radius 1 is 1.13 bits per heavy atom. The third kappa shape index (κ3) is 3.39. The first kappa shape index (κ1) is 15.4. The number of fused-ring (bicyclic) bond motifs is 1. The maximum Gasteiger partial charge on any atom is 0.119 e. The summed E-state index contributed by atoms with van der Waals surface area (Å²) >= 11 is 0.